The zero-order chi connectivity index (χ0) is 20.9. The van der Waals surface area contributed by atoms with E-state index in [-0.39, 0.29) is 18.1 Å². The van der Waals surface area contributed by atoms with Crippen LogP contribution < -0.4 is 16.2 Å². The van der Waals surface area contributed by atoms with E-state index in [0.717, 1.165) is 36.3 Å². The highest BCUT2D eigenvalue weighted by atomic mass is 16.2. The third kappa shape index (κ3) is 4.68. The maximum absolute atomic E-state index is 12.9. The van der Waals surface area contributed by atoms with E-state index in [1.807, 2.05) is 55.5 Å². The average molecular weight is 406 g/mol. The minimum absolute atomic E-state index is 0.0855. The van der Waals surface area contributed by atoms with Crippen LogP contribution in [0.25, 0.3) is 10.8 Å². The van der Waals surface area contributed by atoms with Gasteiger partial charge in [-0.05, 0) is 51.1 Å². The highest BCUT2D eigenvalue weighted by Crippen LogP contribution is 2.14. The van der Waals surface area contributed by atoms with Crippen molar-refractivity contribution in [2.45, 2.75) is 32.9 Å². The summed E-state index contributed by atoms with van der Waals surface area (Å²) in [6.07, 6.45) is 2.43. The molecule has 7 nitrogen and oxygen atoms in total. The SMILES string of the molecule is Cc1ccc(NC(=O)NCc2nn(CCN3CCCC3)c(=O)c3ccccc23)cc1. The Balaban J connectivity index is 1.50. The van der Waals surface area contributed by atoms with Crippen LogP contribution in [0.1, 0.15) is 24.1 Å². The Morgan fingerprint density at radius 2 is 1.70 bits per heavy atom. The summed E-state index contributed by atoms with van der Waals surface area (Å²) in [6.45, 7) is 5.76. The van der Waals surface area contributed by atoms with Gasteiger partial charge in [0.15, 0.2) is 0 Å². The van der Waals surface area contributed by atoms with Crippen molar-refractivity contribution in [3.63, 3.8) is 0 Å². The molecule has 1 aliphatic heterocycles. The molecule has 1 aliphatic rings. The summed E-state index contributed by atoms with van der Waals surface area (Å²) in [4.78, 5) is 27.6. The number of rotatable bonds is 6. The van der Waals surface area contributed by atoms with Crippen molar-refractivity contribution in [2.24, 2.45) is 0 Å². The molecule has 2 aromatic carbocycles. The van der Waals surface area contributed by atoms with E-state index in [2.05, 4.69) is 20.6 Å². The van der Waals surface area contributed by atoms with E-state index >= 15 is 0 Å². The molecular weight excluding hydrogens is 378 g/mol. The van der Waals surface area contributed by atoms with E-state index in [4.69, 9.17) is 0 Å². The van der Waals surface area contributed by atoms with Crippen LogP contribution in [0.15, 0.2) is 53.3 Å². The third-order valence-electron chi connectivity index (χ3n) is 5.50. The van der Waals surface area contributed by atoms with Crippen molar-refractivity contribution in [3.05, 3.63) is 70.1 Å². The van der Waals surface area contributed by atoms with Crippen LogP contribution in [-0.4, -0.2) is 40.3 Å². The van der Waals surface area contributed by atoms with Crippen molar-refractivity contribution in [1.82, 2.24) is 20.0 Å². The maximum atomic E-state index is 12.9. The predicted molar refractivity (Wildman–Crippen MR) is 119 cm³/mol. The summed E-state index contributed by atoms with van der Waals surface area (Å²) in [5, 5.41) is 11.7. The van der Waals surface area contributed by atoms with E-state index < -0.39 is 0 Å². The Labute approximate surface area is 175 Å². The molecule has 0 unspecified atom stereocenters. The summed E-state index contributed by atoms with van der Waals surface area (Å²) in [5.74, 6) is 0. The number of likely N-dealkylation sites (tertiary alicyclic amines) is 1. The highest BCUT2D eigenvalue weighted by molar-refractivity contribution is 5.90. The molecule has 1 aromatic heterocycles. The summed E-state index contributed by atoms with van der Waals surface area (Å²) in [7, 11) is 0. The van der Waals surface area contributed by atoms with Gasteiger partial charge >= 0.3 is 6.03 Å². The number of carbonyl (C=O) groups excluding carboxylic acids is 1. The summed E-state index contributed by atoms with van der Waals surface area (Å²) < 4.78 is 1.54. The van der Waals surface area contributed by atoms with Gasteiger partial charge in [0.1, 0.15) is 0 Å². The Kier molecular flexibility index (Phi) is 6.09. The van der Waals surface area contributed by atoms with Gasteiger partial charge in [-0.1, -0.05) is 35.9 Å². The molecule has 0 bridgehead atoms. The Morgan fingerprint density at radius 1 is 1.00 bits per heavy atom. The van der Waals surface area contributed by atoms with Crippen LogP contribution in [0.4, 0.5) is 10.5 Å². The molecule has 2 amide bonds. The van der Waals surface area contributed by atoms with E-state index in [9.17, 15) is 9.59 Å². The average Bonchev–Trinajstić information content (AvgIpc) is 3.28. The molecule has 1 saturated heterocycles. The number of aromatic nitrogens is 2. The monoisotopic (exact) mass is 405 g/mol. The molecule has 4 rings (SSSR count). The normalized spacial score (nSPS) is 14.2. The lowest BCUT2D eigenvalue weighted by atomic mass is 10.1. The minimum Gasteiger partial charge on any atom is -0.332 e. The van der Waals surface area contributed by atoms with Gasteiger partial charge in [-0.15, -0.1) is 0 Å². The standard InChI is InChI=1S/C23H27N5O2/c1-17-8-10-18(11-9-17)25-23(30)24-16-21-19-6-2-3-7-20(19)22(29)28(26-21)15-14-27-12-4-5-13-27/h2-3,6-11H,4-5,12-16H2,1H3,(H2,24,25,30). The number of fused-ring (bicyclic) bond motifs is 1. The largest absolute Gasteiger partial charge is 0.332 e. The fraction of sp³-hybridized carbons (Fsp3) is 0.348. The second-order valence-corrected chi connectivity index (χ2v) is 7.74. The number of amides is 2. The predicted octanol–water partition coefficient (Wildman–Crippen LogP) is 3.12. The number of hydrogen-bond donors (Lipinski definition) is 2. The second kappa shape index (κ2) is 9.09. The van der Waals surface area contributed by atoms with Crippen LogP contribution in [0.2, 0.25) is 0 Å². The fourth-order valence-corrected chi connectivity index (χ4v) is 3.81. The first-order chi connectivity index (χ1) is 14.6. The molecule has 3 aromatic rings. The van der Waals surface area contributed by atoms with Gasteiger partial charge in [0.2, 0.25) is 0 Å². The number of benzene rings is 2. The number of aryl methyl sites for hydroxylation is 1. The second-order valence-electron chi connectivity index (χ2n) is 7.74. The smallest absolute Gasteiger partial charge is 0.319 e. The maximum Gasteiger partial charge on any atom is 0.319 e. The summed E-state index contributed by atoms with van der Waals surface area (Å²) in [6, 6.07) is 14.7. The quantitative estimate of drug-likeness (QED) is 0.660. The molecule has 0 spiro atoms. The molecule has 2 N–H and O–H groups in total. The molecule has 0 atom stereocenters. The summed E-state index contributed by atoms with van der Waals surface area (Å²) in [5.41, 5.74) is 2.46. The molecule has 2 heterocycles. The first-order valence-electron chi connectivity index (χ1n) is 10.4. The van der Waals surface area contributed by atoms with Crippen LogP contribution in [0, 0.1) is 6.92 Å². The number of nitrogens with one attached hydrogen (secondary N) is 2. The topological polar surface area (TPSA) is 79.3 Å². The van der Waals surface area contributed by atoms with Gasteiger partial charge in [0.25, 0.3) is 5.56 Å². The van der Waals surface area contributed by atoms with Gasteiger partial charge in [0, 0.05) is 17.6 Å². The van der Waals surface area contributed by atoms with Crippen LogP contribution >= 0.6 is 0 Å². The van der Waals surface area contributed by atoms with E-state index in [1.54, 1.807) is 0 Å². The highest BCUT2D eigenvalue weighted by Gasteiger charge is 2.14. The zero-order valence-electron chi connectivity index (χ0n) is 17.2. The first-order valence-corrected chi connectivity index (χ1v) is 10.4. The minimum atomic E-state index is -0.306. The number of carbonyl (C=O) groups is 1. The molecular formula is C23H27N5O2. The van der Waals surface area contributed by atoms with Crippen molar-refractivity contribution < 1.29 is 4.79 Å². The molecule has 1 fully saturated rings. The lowest BCUT2D eigenvalue weighted by molar-refractivity contribution is 0.251. The van der Waals surface area contributed by atoms with Gasteiger partial charge in [0.05, 0.1) is 24.2 Å². The lowest BCUT2D eigenvalue weighted by Gasteiger charge is -2.16. The fourth-order valence-electron chi connectivity index (χ4n) is 3.81. The van der Waals surface area contributed by atoms with Crippen molar-refractivity contribution in [3.8, 4) is 0 Å². The van der Waals surface area contributed by atoms with Crippen molar-refractivity contribution >= 4 is 22.5 Å². The Bertz CT molecular complexity index is 1080. The molecule has 0 aliphatic carbocycles. The van der Waals surface area contributed by atoms with E-state index in [0.29, 0.717) is 17.6 Å². The van der Waals surface area contributed by atoms with Gasteiger partial charge in [-0.2, -0.15) is 5.10 Å². The van der Waals surface area contributed by atoms with Crippen LogP contribution in [0.5, 0.6) is 0 Å². The zero-order valence-corrected chi connectivity index (χ0v) is 17.2. The molecule has 0 saturated carbocycles. The van der Waals surface area contributed by atoms with E-state index in [1.165, 1.54) is 17.5 Å². The van der Waals surface area contributed by atoms with Crippen LogP contribution in [0.3, 0.4) is 0 Å². The third-order valence-corrected chi connectivity index (χ3v) is 5.50. The Hall–Kier alpha value is -3.19. The lowest BCUT2D eigenvalue weighted by Crippen LogP contribution is -2.33. The Morgan fingerprint density at radius 3 is 2.43 bits per heavy atom. The number of hydrogen-bond acceptors (Lipinski definition) is 4. The number of anilines is 1. The van der Waals surface area contributed by atoms with Gasteiger partial charge in [-0.25, -0.2) is 9.48 Å². The van der Waals surface area contributed by atoms with Crippen LogP contribution in [-0.2, 0) is 13.1 Å². The molecule has 7 heteroatoms. The summed E-state index contributed by atoms with van der Waals surface area (Å²) >= 11 is 0. The molecule has 0 radical (unpaired) electrons. The van der Waals surface area contributed by atoms with Crippen molar-refractivity contribution in [2.75, 3.05) is 25.0 Å². The first kappa shape index (κ1) is 20.1. The van der Waals surface area contributed by atoms with Crippen molar-refractivity contribution in [1.29, 1.82) is 0 Å². The molecule has 30 heavy (non-hydrogen) atoms. The van der Waals surface area contributed by atoms with Gasteiger partial charge < -0.3 is 15.5 Å². The number of urea groups is 1. The number of nitrogens with zero attached hydrogens (tertiary/aromatic N) is 3. The van der Waals surface area contributed by atoms with Gasteiger partial charge in [-0.3, -0.25) is 4.79 Å². The molecule has 156 valence electrons.